The maximum Gasteiger partial charge on any atom is 0.238 e. The van der Waals surface area contributed by atoms with E-state index in [1.807, 2.05) is 30.5 Å². The molecule has 4 aromatic rings. The van der Waals surface area contributed by atoms with Gasteiger partial charge < -0.3 is 4.52 Å². The van der Waals surface area contributed by atoms with Gasteiger partial charge in [-0.1, -0.05) is 43.0 Å². The Morgan fingerprint density at radius 3 is 2.39 bits per heavy atom. The Labute approximate surface area is 163 Å². The van der Waals surface area contributed by atoms with Gasteiger partial charge in [0.25, 0.3) is 0 Å². The molecule has 7 nitrogen and oxygen atoms in total. The second-order valence-electron chi connectivity index (χ2n) is 7.65. The van der Waals surface area contributed by atoms with E-state index in [9.17, 15) is 8.42 Å². The molecule has 0 atom stereocenters. The fraction of sp³-hybridized carbons (Fsp3) is 0.158. The summed E-state index contributed by atoms with van der Waals surface area (Å²) < 4.78 is 30.5. The summed E-state index contributed by atoms with van der Waals surface area (Å²) in [5.74, 6) is 0. The Hall–Kier alpha value is -2.75. The van der Waals surface area contributed by atoms with Crippen molar-refractivity contribution in [1.29, 1.82) is 0 Å². The van der Waals surface area contributed by atoms with Crippen molar-refractivity contribution in [3.8, 4) is 22.5 Å². The number of primary sulfonamides is 1. The third-order valence-corrected chi connectivity index (χ3v) is 7.15. The lowest BCUT2D eigenvalue weighted by Gasteiger charge is -2.08. The number of sulfonamides is 1. The smallest absolute Gasteiger partial charge is 0.238 e. The number of hydrogen-bond donors (Lipinski definition) is 1. The van der Waals surface area contributed by atoms with Crippen LogP contribution in [0.2, 0.25) is 19.6 Å². The predicted octanol–water partition coefficient (Wildman–Crippen LogP) is 2.85. The maximum atomic E-state index is 11.6. The zero-order valence-electron chi connectivity index (χ0n) is 15.7. The first-order valence-electron chi connectivity index (χ1n) is 8.73. The van der Waals surface area contributed by atoms with Crippen LogP contribution in [0.4, 0.5) is 0 Å². The fourth-order valence-corrected chi connectivity index (χ4v) is 4.42. The molecular weight excluding hydrogens is 392 g/mol. The number of rotatable bonds is 4. The molecule has 9 heteroatoms. The van der Waals surface area contributed by atoms with Crippen molar-refractivity contribution in [1.82, 2.24) is 14.8 Å². The van der Waals surface area contributed by atoms with E-state index < -0.39 is 18.1 Å². The monoisotopic (exact) mass is 412 g/mol. The van der Waals surface area contributed by atoms with Crippen molar-refractivity contribution in [3.63, 3.8) is 0 Å². The number of benzene rings is 1. The Morgan fingerprint density at radius 1 is 1.07 bits per heavy atom. The van der Waals surface area contributed by atoms with Gasteiger partial charge in [-0.25, -0.2) is 18.1 Å². The van der Waals surface area contributed by atoms with Gasteiger partial charge in [0.05, 0.1) is 10.4 Å². The molecule has 2 N–H and O–H groups in total. The zero-order valence-corrected chi connectivity index (χ0v) is 17.6. The number of aromatic nitrogens is 3. The van der Waals surface area contributed by atoms with Crippen LogP contribution in [-0.2, 0) is 10.0 Å². The first-order chi connectivity index (χ1) is 13.1. The Morgan fingerprint density at radius 2 is 1.79 bits per heavy atom. The highest BCUT2D eigenvalue weighted by Gasteiger charge is 2.25. The lowest BCUT2D eigenvalue weighted by molar-refractivity contribution is 0.446. The van der Waals surface area contributed by atoms with Gasteiger partial charge in [0.15, 0.2) is 0 Å². The van der Waals surface area contributed by atoms with Crippen molar-refractivity contribution in [2.24, 2.45) is 5.14 Å². The van der Waals surface area contributed by atoms with Crippen molar-refractivity contribution < 1.29 is 12.9 Å². The number of hydrogen-bond acceptors (Lipinski definition) is 5. The van der Waals surface area contributed by atoms with E-state index in [2.05, 4.69) is 24.8 Å². The van der Waals surface area contributed by atoms with Crippen LogP contribution < -0.4 is 10.5 Å². The molecule has 0 unspecified atom stereocenters. The Kier molecular flexibility index (Phi) is 4.25. The highest BCUT2D eigenvalue weighted by molar-refractivity contribution is 7.89. The molecule has 1 aromatic carbocycles. The molecule has 4 rings (SSSR count). The molecule has 0 aliphatic rings. The van der Waals surface area contributed by atoms with Crippen LogP contribution in [0.5, 0.6) is 0 Å². The third-order valence-electron chi connectivity index (χ3n) is 4.50. The minimum atomic E-state index is -3.75. The van der Waals surface area contributed by atoms with Gasteiger partial charge in [-0.2, -0.15) is 5.10 Å². The molecule has 0 amide bonds. The highest BCUT2D eigenvalue weighted by Crippen LogP contribution is 2.34. The van der Waals surface area contributed by atoms with Crippen molar-refractivity contribution in [2.75, 3.05) is 0 Å². The van der Waals surface area contributed by atoms with Crippen LogP contribution in [0.1, 0.15) is 0 Å². The summed E-state index contributed by atoms with van der Waals surface area (Å²) >= 11 is 0. The minimum Gasteiger partial charge on any atom is -0.366 e. The van der Waals surface area contributed by atoms with Gasteiger partial charge in [0.2, 0.25) is 10.0 Å². The number of nitrogens with zero attached hydrogens (tertiary/aromatic N) is 3. The van der Waals surface area contributed by atoms with E-state index >= 15 is 0 Å². The summed E-state index contributed by atoms with van der Waals surface area (Å²) in [7, 11) is -5.40. The van der Waals surface area contributed by atoms with E-state index in [0.29, 0.717) is 11.4 Å². The summed E-state index contributed by atoms with van der Waals surface area (Å²) in [4.78, 5) is 0.0664. The molecule has 0 saturated carbocycles. The van der Waals surface area contributed by atoms with E-state index in [4.69, 9.17) is 14.8 Å². The Bertz CT molecular complexity index is 1270. The van der Waals surface area contributed by atoms with E-state index in [1.54, 1.807) is 16.6 Å². The summed E-state index contributed by atoms with van der Waals surface area (Å²) in [5.41, 5.74) is 3.91. The molecule has 0 aliphatic heterocycles. The zero-order chi connectivity index (χ0) is 20.1. The van der Waals surface area contributed by atoms with Crippen LogP contribution in [-0.4, -0.2) is 31.3 Å². The molecule has 3 aromatic heterocycles. The molecule has 0 bridgehead atoms. The van der Waals surface area contributed by atoms with Crippen LogP contribution in [0.15, 0.2) is 64.1 Å². The van der Waals surface area contributed by atoms with Crippen LogP contribution >= 0.6 is 0 Å². The molecule has 3 heterocycles. The minimum absolute atomic E-state index is 0.0664. The molecule has 0 radical (unpaired) electrons. The van der Waals surface area contributed by atoms with Crippen LogP contribution in [0.3, 0.4) is 0 Å². The number of fused-ring (bicyclic) bond motifs is 1. The molecule has 28 heavy (non-hydrogen) atoms. The van der Waals surface area contributed by atoms with E-state index in [0.717, 1.165) is 22.0 Å². The average molecular weight is 413 g/mol. The second kappa shape index (κ2) is 6.40. The van der Waals surface area contributed by atoms with Gasteiger partial charge in [-0.05, 0) is 29.8 Å². The molecule has 0 spiro atoms. The van der Waals surface area contributed by atoms with Gasteiger partial charge >= 0.3 is 0 Å². The second-order valence-corrected chi connectivity index (χ2v) is 14.2. The van der Waals surface area contributed by atoms with Crippen molar-refractivity contribution in [2.45, 2.75) is 24.5 Å². The quantitative estimate of drug-likeness (QED) is 0.519. The molecule has 0 aliphatic carbocycles. The van der Waals surface area contributed by atoms with Gasteiger partial charge in [0.1, 0.15) is 24.8 Å². The summed E-state index contributed by atoms with van der Waals surface area (Å²) in [5, 5.41) is 15.1. The van der Waals surface area contributed by atoms with Gasteiger partial charge in [0, 0.05) is 17.8 Å². The Balaban J connectivity index is 1.93. The highest BCUT2D eigenvalue weighted by atomic mass is 32.2. The standard InChI is InChI=1S/C19H20N4O3SSi/c1-28(2,3)17-12-15(22-26-17)19-18(16-6-4-5-11-23(16)21-19)13-7-9-14(10-8-13)27(20,24)25/h4-12H,1-3H3,(H2,20,24,25). The predicted molar refractivity (Wildman–Crippen MR) is 110 cm³/mol. The number of pyridine rings is 1. The van der Waals surface area contributed by atoms with Crippen molar-refractivity contribution in [3.05, 3.63) is 54.7 Å². The summed E-state index contributed by atoms with van der Waals surface area (Å²) in [6.07, 6.45) is 1.86. The van der Waals surface area contributed by atoms with E-state index in [1.165, 1.54) is 12.1 Å². The van der Waals surface area contributed by atoms with Crippen molar-refractivity contribution >= 4 is 29.0 Å². The summed E-state index contributed by atoms with van der Waals surface area (Å²) in [6, 6.07) is 14.2. The molecule has 0 fully saturated rings. The lowest BCUT2D eigenvalue weighted by Crippen LogP contribution is -2.36. The van der Waals surface area contributed by atoms with E-state index in [-0.39, 0.29) is 4.90 Å². The van der Waals surface area contributed by atoms with Gasteiger partial charge in [-0.15, -0.1) is 0 Å². The summed E-state index contributed by atoms with van der Waals surface area (Å²) in [6.45, 7) is 6.57. The molecule has 0 saturated heterocycles. The average Bonchev–Trinajstić information content (AvgIpc) is 3.25. The van der Waals surface area contributed by atoms with Crippen LogP contribution in [0, 0.1) is 0 Å². The molecular formula is C19H20N4O3SSi. The maximum absolute atomic E-state index is 11.6. The first kappa shape index (κ1) is 18.6. The lowest BCUT2D eigenvalue weighted by atomic mass is 10.0. The SMILES string of the molecule is C[Si](C)(C)c1cc(-c2nn3ccccc3c2-c2ccc(S(N)(=O)=O)cc2)no1. The number of nitrogens with two attached hydrogens (primary N) is 1. The fourth-order valence-electron chi connectivity index (χ4n) is 3.01. The van der Waals surface area contributed by atoms with Crippen LogP contribution in [0.25, 0.3) is 28.0 Å². The molecule has 144 valence electrons. The first-order valence-corrected chi connectivity index (χ1v) is 13.8. The third kappa shape index (κ3) is 3.28. The van der Waals surface area contributed by atoms with Gasteiger partial charge in [-0.3, -0.25) is 0 Å². The topological polar surface area (TPSA) is 103 Å². The normalized spacial score (nSPS) is 12.6. The largest absolute Gasteiger partial charge is 0.366 e.